The second-order valence-electron chi connectivity index (χ2n) is 5.89. The van der Waals surface area contributed by atoms with Gasteiger partial charge in [0.2, 0.25) is 5.95 Å². The van der Waals surface area contributed by atoms with E-state index in [4.69, 9.17) is 10.7 Å². The number of nitrogens with zero attached hydrogens (tertiary/aromatic N) is 5. The van der Waals surface area contributed by atoms with E-state index in [-0.39, 0.29) is 0 Å². The first kappa shape index (κ1) is 13.3. The molecule has 3 rings (SSSR count). The molecule has 0 saturated carbocycles. The highest BCUT2D eigenvalue weighted by Crippen LogP contribution is 2.22. The van der Waals surface area contributed by atoms with Crippen molar-refractivity contribution in [3.63, 3.8) is 0 Å². The zero-order chi connectivity index (χ0) is 14.3. The van der Waals surface area contributed by atoms with E-state index < -0.39 is 0 Å². The Kier molecular flexibility index (Phi) is 3.33. The lowest BCUT2D eigenvalue weighted by Crippen LogP contribution is -2.40. The van der Waals surface area contributed by atoms with Crippen molar-refractivity contribution in [2.75, 3.05) is 18.0 Å². The molecule has 1 aliphatic heterocycles. The summed E-state index contributed by atoms with van der Waals surface area (Å²) >= 11 is 0. The van der Waals surface area contributed by atoms with Crippen LogP contribution in [0.25, 0.3) is 5.65 Å². The van der Waals surface area contributed by atoms with Gasteiger partial charge in [-0.3, -0.25) is 0 Å². The molecule has 1 aliphatic rings. The molecule has 20 heavy (non-hydrogen) atoms. The van der Waals surface area contributed by atoms with Gasteiger partial charge in [-0.15, -0.1) is 0 Å². The van der Waals surface area contributed by atoms with Gasteiger partial charge in [0.15, 0.2) is 5.65 Å². The van der Waals surface area contributed by atoms with Crippen LogP contribution in [0.2, 0.25) is 0 Å². The summed E-state index contributed by atoms with van der Waals surface area (Å²) in [5.41, 5.74) is 8.06. The van der Waals surface area contributed by atoms with E-state index in [1.54, 1.807) is 0 Å². The van der Waals surface area contributed by atoms with Gasteiger partial charge in [0, 0.05) is 24.7 Å². The van der Waals surface area contributed by atoms with Gasteiger partial charge in [0.05, 0.1) is 6.20 Å². The van der Waals surface area contributed by atoms with Crippen molar-refractivity contribution in [2.45, 2.75) is 45.6 Å². The van der Waals surface area contributed by atoms with Crippen LogP contribution < -0.4 is 10.6 Å². The van der Waals surface area contributed by atoms with Crippen molar-refractivity contribution in [1.82, 2.24) is 19.6 Å². The normalized spacial score (nSPS) is 17.4. The van der Waals surface area contributed by atoms with Crippen molar-refractivity contribution >= 4 is 11.6 Å². The van der Waals surface area contributed by atoms with Crippen LogP contribution in [0.5, 0.6) is 0 Å². The lowest BCUT2D eigenvalue weighted by Gasteiger charge is -2.30. The van der Waals surface area contributed by atoms with Gasteiger partial charge in [0.25, 0.3) is 0 Å². The first-order valence-electron chi connectivity index (χ1n) is 7.29. The molecule has 2 aromatic rings. The summed E-state index contributed by atoms with van der Waals surface area (Å²) in [7, 11) is 0. The van der Waals surface area contributed by atoms with E-state index in [1.165, 1.54) is 5.56 Å². The molecule has 1 saturated heterocycles. The molecule has 1 fully saturated rings. The maximum atomic E-state index is 5.96. The third-order valence-electron chi connectivity index (χ3n) is 3.99. The molecule has 3 heterocycles. The zero-order valence-corrected chi connectivity index (χ0v) is 12.4. The fourth-order valence-corrected chi connectivity index (χ4v) is 2.66. The molecular formula is C14H22N6. The molecule has 108 valence electrons. The summed E-state index contributed by atoms with van der Waals surface area (Å²) in [5, 5.41) is 4.39. The molecule has 6 heteroatoms. The van der Waals surface area contributed by atoms with Crippen LogP contribution in [0, 0.1) is 6.92 Å². The molecule has 0 aliphatic carbocycles. The molecule has 6 nitrogen and oxygen atoms in total. The zero-order valence-electron chi connectivity index (χ0n) is 12.4. The number of piperidine rings is 1. The van der Waals surface area contributed by atoms with Gasteiger partial charge in [-0.1, -0.05) is 13.8 Å². The summed E-state index contributed by atoms with van der Waals surface area (Å²) in [6.07, 6.45) is 3.91. The number of rotatable bonds is 2. The van der Waals surface area contributed by atoms with E-state index in [0.29, 0.717) is 12.0 Å². The minimum absolute atomic E-state index is 0.317. The van der Waals surface area contributed by atoms with Crippen molar-refractivity contribution in [2.24, 2.45) is 5.73 Å². The Balaban J connectivity index is 2.01. The average molecular weight is 274 g/mol. The Hall–Kier alpha value is -1.69. The highest BCUT2D eigenvalue weighted by atomic mass is 15.3. The van der Waals surface area contributed by atoms with Crippen molar-refractivity contribution in [3.05, 3.63) is 17.6 Å². The smallest absolute Gasteiger partial charge is 0.229 e. The minimum Gasteiger partial charge on any atom is -0.341 e. The second kappa shape index (κ2) is 5.01. The fourth-order valence-electron chi connectivity index (χ4n) is 2.66. The first-order valence-corrected chi connectivity index (χ1v) is 7.29. The largest absolute Gasteiger partial charge is 0.341 e. The average Bonchev–Trinajstić information content (AvgIpc) is 2.84. The van der Waals surface area contributed by atoms with Crippen molar-refractivity contribution in [3.8, 4) is 0 Å². The van der Waals surface area contributed by atoms with Gasteiger partial charge in [-0.2, -0.15) is 15.1 Å². The fraction of sp³-hybridized carbons (Fsp3) is 0.643. The summed E-state index contributed by atoms with van der Waals surface area (Å²) < 4.78 is 1.83. The molecule has 0 radical (unpaired) electrons. The Labute approximate surface area is 119 Å². The molecule has 0 unspecified atom stereocenters. The molecule has 0 bridgehead atoms. The van der Waals surface area contributed by atoms with Crippen molar-refractivity contribution < 1.29 is 0 Å². The summed E-state index contributed by atoms with van der Waals surface area (Å²) in [5.74, 6) is 2.10. The SMILES string of the molecule is Cc1nc(N2CCC(N)CC2)nc2c(C(C)C)cnn12. The standard InChI is InChI=1S/C14H22N6/c1-9(2)12-8-16-20-10(3)17-14(18-13(12)20)19-6-4-11(15)5-7-19/h8-9,11H,4-7,15H2,1-3H3. The number of anilines is 1. The van der Waals surface area contributed by atoms with Gasteiger partial charge < -0.3 is 10.6 Å². The maximum Gasteiger partial charge on any atom is 0.229 e. The van der Waals surface area contributed by atoms with Crippen molar-refractivity contribution in [1.29, 1.82) is 0 Å². The molecule has 0 spiro atoms. The lowest BCUT2D eigenvalue weighted by molar-refractivity contribution is 0.495. The van der Waals surface area contributed by atoms with Gasteiger partial charge in [-0.05, 0) is 25.7 Å². The van der Waals surface area contributed by atoms with Crippen LogP contribution >= 0.6 is 0 Å². The Morgan fingerprint density at radius 1 is 1.25 bits per heavy atom. The first-order chi connectivity index (χ1) is 9.56. The molecule has 0 atom stereocenters. The monoisotopic (exact) mass is 274 g/mol. The highest BCUT2D eigenvalue weighted by molar-refractivity contribution is 5.52. The van der Waals surface area contributed by atoms with Gasteiger partial charge in [-0.25, -0.2) is 4.52 Å². The summed E-state index contributed by atoms with van der Waals surface area (Å²) in [6.45, 7) is 8.16. The minimum atomic E-state index is 0.317. The molecule has 0 aromatic carbocycles. The van der Waals surface area contributed by atoms with Crippen LogP contribution in [0.4, 0.5) is 5.95 Å². The third-order valence-corrected chi connectivity index (χ3v) is 3.99. The number of fused-ring (bicyclic) bond motifs is 1. The predicted molar refractivity (Wildman–Crippen MR) is 79.0 cm³/mol. The van der Waals surface area contributed by atoms with Crippen LogP contribution in [0.1, 0.15) is 44.0 Å². The quantitative estimate of drug-likeness (QED) is 0.898. The lowest BCUT2D eigenvalue weighted by atomic mass is 10.1. The predicted octanol–water partition coefficient (Wildman–Crippen LogP) is 1.48. The number of hydrogen-bond acceptors (Lipinski definition) is 5. The topological polar surface area (TPSA) is 72.3 Å². The third kappa shape index (κ3) is 2.24. The van der Waals surface area contributed by atoms with Gasteiger partial charge in [0.1, 0.15) is 5.82 Å². The molecular weight excluding hydrogens is 252 g/mol. The number of hydrogen-bond donors (Lipinski definition) is 1. The molecule has 0 amide bonds. The Bertz CT molecular complexity index is 609. The van der Waals surface area contributed by atoms with Crippen LogP contribution in [0.15, 0.2) is 6.20 Å². The second-order valence-corrected chi connectivity index (χ2v) is 5.89. The van der Waals surface area contributed by atoms with E-state index >= 15 is 0 Å². The van der Waals surface area contributed by atoms with E-state index in [0.717, 1.165) is 43.4 Å². The number of aromatic nitrogens is 4. The van der Waals surface area contributed by atoms with E-state index in [1.807, 2.05) is 17.6 Å². The summed E-state index contributed by atoms with van der Waals surface area (Å²) in [6, 6.07) is 0.317. The van der Waals surface area contributed by atoms with E-state index in [2.05, 4.69) is 28.8 Å². The van der Waals surface area contributed by atoms with Gasteiger partial charge >= 0.3 is 0 Å². The highest BCUT2D eigenvalue weighted by Gasteiger charge is 2.20. The van der Waals surface area contributed by atoms with Crippen LogP contribution in [0.3, 0.4) is 0 Å². The van der Waals surface area contributed by atoms with Crippen LogP contribution in [-0.2, 0) is 0 Å². The number of aryl methyl sites for hydroxylation is 1. The molecule has 2 aromatic heterocycles. The number of nitrogens with two attached hydrogens (primary N) is 1. The summed E-state index contributed by atoms with van der Waals surface area (Å²) in [4.78, 5) is 11.6. The maximum absolute atomic E-state index is 5.96. The Morgan fingerprint density at radius 3 is 2.60 bits per heavy atom. The van der Waals surface area contributed by atoms with Crippen LogP contribution in [-0.4, -0.2) is 38.7 Å². The Morgan fingerprint density at radius 2 is 1.95 bits per heavy atom. The van der Waals surface area contributed by atoms with E-state index in [9.17, 15) is 0 Å². The molecule has 2 N–H and O–H groups in total.